The van der Waals surface area contributed by atoms with Gasteiger partial charge in [0.05, 0.1) is 18.2 Å². The SMILES string of the molecule is CC(C)(C)CC(=O)N1CCC(N2CCC[C@H](C(=O)NCc3ccccn3)C2)CC1. The number of rotatable bonds is 5. The number of aromatic nitrogens is 1. The van der Waals surface area contributed by atoms with Gasteiger partial charge in [-0.25, -0.2) is 0 Å². The molecule has 0 aromatic carbocycles. The lowest BCUT2D eigenvalue weighted by atomic mass is 9.90. The van der Waals surface area contributed by atoms with Gasteiger partial charge >= 0.3 is 0 Å². The quantitative estimate of drug-likeness (QED) is 0.825. The van der Waals surface area contributed by atoms with Crippen LogP contribution in [0, 0.1) is 11.3 Å². The third-order valence-electron chi connectivity index (χ3n) is 6.01. The number of piperidine rings is 2. The maximum Gasteiger partial charge on any atom is 0.224 e. The van der Waals surface area contributed by atoms with Crippen molar-refractivity contribution >= 4 is 11.8 Å². The van der Waals surface area contributed by atoms with Crippen molar-refractivity contribution in [2.24, 2.45) is 11.3 Å². The van der Waals surface area contributed by atoms with E-state index in [2.05, 4.69) is 36.0 Å². The van der Waals surface area contributed by atoms with E-state index >= 15 is 0 Å². The largest absolute Gasteiger partial charge is 0.350 e. The smallest absolute Gasteiger partial charge is 0.224 e. The Kier molecular flexibility index (Phi) is 7.28. The van der Waals surface area contributed by atoms with Gasteiger partial charge in [-0.1, -0.05) is 26.8 Å². The second-order valence-corrected chi connectivity index (χ2v) is 9.72. The minimum absolute atomic E-state index is 0.0383. The van der Waals surface area contributed by atoms with Gasteiger partial charge in [0, 0.05) is 38.3 Å². The van der Waals surface area contributed by atoms with Crippen LogP contribution in [0.4, 0.5) is 0 Å². The van der Waals surface area contributed by atoms with Gasteiger partial charge in [-0.15, -0.1) is 0 Å². The molecule has 0 radical (unpaired) electrons. The van der Waals surface area contributed by atoms with Crippen molar-refractivity contribution in [1.29, 1.82) is 0 Å². The van der Waals surface area contributed by atoms with E-state index < -0.39 is 0 Å². The molecule has 3 rings (SSSR count). The van der Waals surface area contributed by atoms with E-state index in [1.54, 1.807) is 6.20 Å². The van der Waals surface area contributed by atoms with E-state index in [1.807, 2.05) is 23.1 Å². The van der Waals surface area contributed by atoms with Crippen molar-refractivity contribution in [3.8, 4) is 0 Å². The number of hydrogen-bond acceptors (Lipinski definition) is 4. The van der Waals surface area contributed by atoms with Crippen molar-refractivity contribution in [2.75, 3.05) is 26.2 Å². The number of amides is 2. The molecule has 6 heteroatoms. The highest BCUT2D eigenvalue weighted by atomic mass is 16.2. The van der Waals surface area contributed by atoms with Crippen LogP contribution in [0.3, 0.4) is 0 Å². The first kappa shape index (κ1) is 21.8. The van der Waals surface area contributed by atoms with E-state index in [9.17, 15) is 9.59 Å². The van der Waals surface area contributed by atoms with Crippen LogP contribution >= 0.6 is 0 Å². The van der Waals surface area contributed by atoms with Crippen molar-refractivity contribution in [3.63, 3.8) is 0 Å². The van der Waals surface area contributed by atoms with E-state index in [0.29, 0.717) is 19.0 Å². The molecule has 6 nitrogen and oxygen atoms in total. The molecule has 2 aliphatic rings. The number of likely N-dealkylation sites (tertiary alicyclic amines) is 2. The number of carbonyl (C=O) groups is 2. The predicted molar refractivity (Wildman–Crippen MR) is 114 cm³/mol. The van der Waals surface area contributed by atoms with E-state index in [-0.39, 0.29) is 23.1 Å². The molecular formula is C23H36N4O2. The van der Waals surface area contributed by atoms with Gasteiger partial charge in [-0.2, -0.15) is 0 Å². The Morgan fingerprint density at radius 3 is 2.55 bits per heavy atom. The molecule has 1 atom stereocenters. The van der Waals surface area contributed by atoms with Gasteiger partial charge in [0.25, 0.3) is 0 Å². The first-order valence-corrected chi connectivity index (χ1v) is 11.0. The number of hydrogen-bond donors (Lipinski definition) is 1. The van der Waals surface area contributed by atoms with Gasteiger partial charge in [0.1, 0.15) is 0 Å². The summed E-state index contributed by atoms with van der Waals surface area (Å²) in [5, 5.41) is 3.05. The lowest BCUT2D eigenvalue weighted by Crippen LogP contribution is -2.51. The molecule has 1 N–H and O–H groups in total. The Hall–Kier alpha value is -1.95. The molecule has 2 amide bonds. The summed E-state index contributed by atoms with van der Waals surface area (Å²) in [7, 11) is 0. The second-order valence-electron chi connectivity index (χ2n) is 9.72. The molecule has 3 heterocycles. The average molecular weight is 401 g/mol. The summed E-state index contributed by atoms with van der Waals surface area (Å²) in [6.45, 7) is 10.4. The zero-order chi connectivity index (χ0) is 20.9. The third kappa shape index (κ3) is 6.53. The minimum atomic E-state index is 0.0383. The van der Waals surface area contributed by atoms with E-state index in [1.165, 1.54) is 0 Å². The fourth-order valence-electron chi connectivity index (χ4n) is 4.42. The lowest BCUT2D eigenvalue weighted by Gasteiger charge is -2.42. The second kappa shape index (κ2) is 9.70. The standard InChI is InChI=1S/C23H36N4O2/c1-23(2,3)15-21(28)26-13-9-20(10-14-26)27-12-6-7-18(17-27)22(29)25-16-19-8-4-5-11-24-19/h4-5,8,11,18,20H,6-7,9-10,12-17H2,1-3H3,(H,25,29)/t18-/m0/s1. The molecule has 2 fully saturated rings. The maximum atomic E-state index is 12.7. The van der Waals surface area contributed by atoms with Crippen LogP contribution in [0.25, 0.3) is 0 Å². The molecule has 160 valence electrons. The molecule has 0 bridgehead atoms. The Bertz CT molecular complexity index is 678. The highest BCUT2D eigenvalue weighted by Gasteiger charge is 2.33. The first-order valence-electron chi connectivity index (χ1n) is 11.0. The Labute approximate surface area is 175 Å². The highest BCUT2D eigenvalue weighted by Crippen LogP contribution is 2.26. The van der Waals surface area contributed by atoms with E-state index in [4.69, 9.17) is 0 Å². The minimum Gasteiger partial charge on any atom is -0.350 e. The summed E-state index contributed by atoms with van der Waals surface area (Å²) in [4.78, 5) is 33.9. The number of nitrogens with zero attached hydrogens (tertiary/aromatic N) is 3. The molecule has 0 spiro atoms. The van der Waals surface area contributed by atoms with Crippen LogP contribution in [0.1, 0.15) is 58.6 Å². The summed E-state index contributed by atoms with van der Waals surface area (Å²) in [6, 6.07) is 6.24. The summed E-state index contributed by atoms with van der Waals surface area (Å²) in [5.74, 6) is 0.465. The number of pyridine rings is 1. The molecule has 1 aromatic rings. The molecule has 0 unspecified atom stereocenters. The molecule has 0 aliphatic carbocycles. The predicted octanol–water partition coefficient (Wildman–Crippen LogP) is 2.84. The van der Waals surface area contributed by atoms with Crippen molar-refractivity contribution in [3.05, 3.63) is 30.1 Å². The molecule has 2 aliphatic heterocycles. The Balaban J connectivity index is 1.45. The van der Waals surface area contributed by atoms with E-state index in [0.717, 1.165) is 57.6 Å². The third-order valence-corrected chi connectivity index (χ3v) is 6.01. The molecule has 0 saturated carbocycles. The van der Waals surface area contributed by atoms with Crippen LogP contribution in [-0.2, 0) is 16.1 Å². The van der Waals surface area contributed by atoms with Gasteiger partial charge in [-0.05, 0) is 49.8 Å². The Morgan fingerprint density at radius 2 is 1.90 bits per heavy atom. The highest BCUT2D eigenvalue weighted by molar-refractivity contribution is 5.79. The molecular weight excluding hydrogens is 364 g/mol. The monoisotopic (exact) mass is 400 g/mol. The van der Waals surface area contributed by atoms with Gasteiger partial charge in [0.2, 0.25) is 11.8 Å². The van der Waals surface area contributed by atoms with Crippen molar-refractivity contribution in [1.82, 2.24) is 20.1 Å². The fraction of sp³-hybridized carbons (Fsp3) is 0.696. The van der Waals surface area contributed by atoms with Crippen LogP contribution in [-0.4, -0.2) is 58.8 Å². The van der Waals surface area contributed by atoms with Crippen LogP contribution in [0.2, 0.25) is 0 Å². The maximum absolute atomic E-state index is 12.7. The van der Waals surface area contributed by atoms with Gasteiger partial charge in [0.15, 0.2) is 0 Å². The molecule has 1 aromatic heterocycles. The zero-order valence-corrected chi connectivity index (χ0v) is 18.2. The lowest BCUT2D eigenvalue weighted by molar-refractivity contribution is -0.134. The number of carbonyl (C=O) groups excluding carboxylic acids is 2. The van der Waals surface area contributed by atoms with Gasteiger partial charge < -0.3 is 10.2 Å². The first-order chi connectivity index (χ1) is 13.8. The summed E-state index contributed by atoms with van der Waals surface area (Å²) >= 11 is 0. The topological polar surface area (TPSA) is 65.5 Å². The van der Waals surface area contributed by atoms with Gasteiger partial charge in [-0.3, -0.25) is 19.5 Å². The summed E-state index contributed by atoms with van der Waals surface area (Å²) in [6.07, 6.45) is 6.40. The van der Waals surface area contributed by atoms with Crippen molar-refractivity contribution in [2.45, 2.75) is 65.5 Å². The average Bonchev–Trinajstić information content (AvgIpc) is 2.72. The number of nitrogens with one attached hydrogen (secondary N) is 1. The zero-order valence-electron chi connectivity index (χ0n) is 18.2. The van der Waals surface area contributed by atoms with Crippen LogP contribution < -0.4 is 5.32 Å². The van der Waals surface area contributed by atoms with Crippen molar-refractivity contribution < 1.29 is 9.59 Å². The molecule has 29 heavy (non-hydrogen) atoms. The Morgan fingerprint density at radius 1 is 1.14 bits per heavy atom. The fourth-order valence-corrected chi connectivity index (χ4v) is 4.42. The summed E-state index contributed by atoms with van der Waals surface area (Å²) in [5.41, 5.74) is 0.928. The van der Waals surface area contributed by atoms with Crippen LogP contribution in [0.5, 0.6) is 0 Å². The molecule has 2 saturated heterocycles. The van der Waals surface area contributed by atoms with Crippen LogP contribution in [0.15, 0.2) is 24.4 Å². The summed E-state index contributed by atoms with van der Waals surface area (Å²) < 4.78 is 0. The normalized spacial score (nSPS) is 21.8.